The molecule has 0 saturated heterocycles. The van der Waals surface area contributed by atoms with E-state index in [0.29, 0.717) is 11.8 Å². The molecule has 0 amide bonds. The first kappa shape index (κ1) is 18.2. The molecule has 4 aliphatic rings. The molecule has 3 aliphatic carbocycles. The first-order valence-corrected chi connectivity index (χ1v) is 11.3. The number of hydrogen-bond acceptors (Lipinski definition) is 0. The molecule has 0 spiro atoms. The molecule has 4 unspecified atom stereocenters. The highest BCUT2D eigenvalue weighted by atomic mass is 15.0. The maximum Gasteiger partial charge on any atom is 0.196 e. The van der Waals surface area contributed by atoms with E-state index in [0.717, 1.165) is 11.8 Å². The van der Waals surface area contributed by atoms with Crippen LogP contribution in [0.5, 0.6) is 0 Å². The Morgan fingerprint density at radius 1 is 0.964 bits per heavy atom. The van der Waals surface area contributed by atoms with Gasteiger partial charge in [0.05, 0.1) is 5.92 Å². The van der Waals surface area contributed by atoms with Crippen LogP contribution in [-0.4, -0.2) is 17.3 Å². The molecule has 1 heterocycles. The Morgan fingerprint density at radius 2 is 1.71 bits per heavy atom. The lowest BCUT2D eigenvalue weighted by atomic mass is 9.66. The number of aryl methyl sites for hydroxylation is 1. The van der Waals surface area contributed by atoms with Crippen molar-refractivity contribution in [3.05, 3.63) is 70.0 Å². The molecule has 1 saturated carbocycles. The van der Waals surface area contributed by atoms with E-state index in [-0.39, 0.29) is 0 Å². The highest BCUT2D eigenvalue weighted by Gasteiger charge is 2.41. The Labute approximate surface area is 170 Å². The second-order valence-electron chi connectivity index (χ2n) is 9.82. The molecule has 1 nitrogen and oxygen atoms in total. The summed E-state index contributed by atoms with van der Waals surface area (Å²) >= 11 is 0. The van der Waals surface area contributed by atoms with Crippen LogP contribution in [0.25, 0.3) is 0 Å². The highest BCUT2D eigenvalue weighted by molar-refractivity contribution is 6.03. The van der Waals surface area contributed by atoms with Crippen LogP contribution in [0, 0.1) is 37.5 Å². The highest BCUT2D eigenvalue weighted by Crippen LogP contribution is 2.44. The molecule has 1 aromatic carbocycles. The summed E-state index contributed by atoms with van der Waals surface area (Å²) in [7, 11) is 2.25. The van der Waals surface area contributed by atoms with Crippen molar-refractivity contribution in [3.8, 4) is 0 Å². The van der Waals surface area contributed by atoms with Crippen LogP contribution in [0.1, 0.15) is 61.3 Å². The molecular formula is C27H34N+. The maximum absolute atomic E-state index is 2.55. The zero-order valence-corrected chi connectivity index (χ0v) is 18.0. The van der Waals surface area contributed by atoms with Gasteiger partial charge in [0.2, 0.25) is 0 Å². The van der Waals surface area contributed by atoms with Gasteiger partial charge in [-0.05, 0) is 87.1 Å². The molecule has 4 atom stereocenters. The second-order valence-corrected chi connectivity index (χ2v) is 9.82. The number of fused-ring (bicyclic) bond motifs is 4. The fourth-order valence-corrected chi connectivity index (χ4v) is 6.42. The van der Waals surface area contributed by atoms with Crippen molar-refractivity contribution >= 4 is 5.71 Å². The van der Waals surface area contributed by atoms with Crippen molar-refractivity contribution in [2.24, 2.45) is 23.7 Å². The number of hydrogen-bond donors (Lipinski definition) is 0. The zero-order chi connectivity index (χ0) is 19.4. The van der Waals surface area contributed by atoms with E-state index in [1.807, 2.05) is 0 Å². The molecule has 5 rings (SSSR count). The van der Waals surface area contributed by atoms with E-state index in [4.69, 9.17) is 0 Å². The van der Waals surface area contributed by atoms with Crippen molar-refractivity contribution in [1.29, 1.82) is 0 Å². The zero-order valence-electron chi connectivity index (χ0n) is 18.0. The average Bonchev–Trinajstić information content (AvgIpc) is 2.66. The van der Waals surface area contributed by atoms with Crippen LogP contribution in [0.2, 0.25) is 0 Å². The minimum Gasteiger partial charge on any atom is -0.204 e. The van der Waals surface area contributed by atoms with Gasteiger partial charge in [-0.3, -0.25) is 0 Å². The number of benzene rings is 1. The third-order valence-electron chi connectivity index (χ3n) is 7.92. The summed E-state index contributed by atoms with van der Waals surface area (Å²) in [6, 6.07) is 5.02. The molecule has 1 aliphatic heterocycles. The van der Waals surface area contributed by atoms with Gasteiger partial charge in [-0.2, -0.15) is 0 Å². The van der Waals surface area contributed by atoms with Crippen molar-refractivity contribution in [2.75, 3.05) is 7.05 Å². The fraction of sp³-hybridized carbons (Fsp3) is 0.519. The second kappa shape index (κ2) is 6.87. The lowest BCUT2D eigenvalue weighted by Gasteiger charge is -2.38. The third kappa shape index (κ3) is 2.95. The average molecular weight is 373 g/mol. The van der Waals surface area contributed by atoms with E-state index in [2.05, 4.69) is 69.0 Å². The first-order valence-electron chi connectivity index (χ1n) is 11.3. The predicted octanol–water partition coefficient (Wildman–Crippen LogP) is 6.13. The van der Waals surface area contributed by atoms with Crippen molar-refractivity contribution < 1.29 is 4.58 Å². The lowest BCUT2D eigenvalue weighted by Crippen LogP contribution is -2.37. The monoisotopic (exact) mass is 372 g/mol. The minimum absolute atomic E-state index is 0.507. The molecule has 146 valence electrons. The van der Waals surface area contributed by atoms with Gasteiger partial charge in [0, 0.05) is 11.5 Å². The molecular weight excluding hydrogens is 338 g/mol. The molecule has 2 bridgehead atoms. The number of allylic oxidation sites excluding steroid dienone is 5. The first-order chi connectivity index (χ1) is 13.5. The maximum atomic E-state index is 2.55. The predicted molar refractivity (Wildman–Crippen MR) is 118 cm³/mol. The largest absolute Gasteiger partial charge is 0.204 e. The summed E-state index contributed by atoms with van der Waals surface area (Å²) in [4.78, 5) is 0. The van der Waals surface area contributed by atoms with Gasteiger partial charge in [-0.15, -0.1) is 0 Å². The molecule has 0 radical (unpaired) electrons. The van der Waals surface area contributed by atoms with Crippen LogP contribution in [-0.2, 0) is 6.42 Å². The molecule has 1 aromatic rings. The Kier molecular flexibility index (Phi) is 4.45. The topological polar surface area (TPSA) is 3.01 Å². The van der Waals surface area contributed by atoms with Crippen LogP contribution in [0.4, 0.5) is 0 Å². The quantitative estimate of drug-likeness (QED) is 0.482. The van der Waals surface area contributed by atoms with Gasteiger partial charge >= 0.3 is 0 Å². The van der Waals surface area contributed by atoms with E-state index >= 15 is 0 Å². The van der Waals surface area contributed by atoms with Gasteiger partial charge in [0.1, 0.15) is 7.05 Å². The van der Waals surface area contributed by atoms with E-state index in [1.54, 1.807) is 11.1 Å². The molecule has 1 heteroatoms. The molecule has 28 heavy (non-hydrogen) atoms. The van der Waals surface area contributed by atoms with Crippen LogP contribution in [0.15, 0.2) is 47.7 Å². The van der Waals surface area contributed by atoms with Gasteiger partial charge in [0.15, 0.2) is 11.9 Å². The summed E-state index contributed by atoms with van der Waals surface area (Å²) in [5, 5.41) is 0. The molecule has 0 N–H and O–H groups in total. The summed E-state index contributed by atoms with van der Waals surface area (Å²) in [6.45, 7) is 6.93. The lowest BCUT2D eigenvalue weighted by molar-refractivity contribution is -0.427. The van der Waals surface area contributed by atoms with Gasteiger partial charge in [-0.25, -0.2) is 4.58 Å². The Bertz CT molecular complexity index is 939. The number of nitrogens with zero attached hydrogens (tertiary/aromatic N) is 1. The van der Waals surface area contributed by atoms with Crippen molar-refractivity contribution in [3.63, 3.8) is 0 Å². The Hall–Kier alpha value is -1.89. The van der Waals surface area contributed by atoms with Crippen LogP contribution < -0.4 is 0 Å². The Balaban J connectivity index is 1.75. The molecule has 1 fully saturated rings. The normalized spacial score (nSPS) is 31.6. The van der Waals surface area contributed by atoms with Crippen LogP contribution in [0.3, 0.4) is 0 Å². The Morgan fingerprint density at radius 3 is 2.50 bits per heavy atom. The third-order valence-corrected chi connectivity index (χ3v) is 7.92. The van der Waals surface area contributed by atoms with Crippen molar-refractivity contribution in [2.45, 2.75) is 59.3 Å². The SMILES string of the molecule is CC1=CC2C=C[N+](C)=C3c4cc(cc(C)c4C)CC4CCCCC4CC(=C1)C32. The number of rotatable bonds is 0. The summed E-state index contributed by atoms with van der Waals surface area (Å²) in [5.74, 6) is 2.73. The van der Waals surface area contributed by atoms with Crippen LogP contribution >= 0.6 is 0 Å². The van der Waals surface area contributed by atoms with E-state index in [9.17, 15) is 0 Å². The summed E-state index contributed by atoms with van der Waals surface area (Å²) in [6.07, 6.45) is 18.0. The van der Waals surface area contributed by atoms with E-state index in [1.165, 1.54) is 66.5 Å². The van der Waals surface area contributed by atoms with Gasteiger partial charge < -0.3 is 0 Å². The smallest absolute Gasteiger partial charge is 0.196 e. The summed E-state index contributed by atoms with van der Waals surface area (Å²) < 4.78 is 2.41. The summed E-state index contributed by atoms with van der Waals surface area (Å²) in [5.41, 5.74) is 10.7. The van der Waals surface area contributed by atoms with Gasteiger partial charge in [-0.1, -0.05) is 42.2 Å². The van der Waals surface area contributed by atoms with E-state index < -0.39 is 0 Å². The van der Waals surface area contributed by atoms with Gasteiger partial charge in [0.25, 0.3) is 0 Å². The standard InChI is InChI=1S/C27H34N/c1-17-11-23-9-10-28(4)27-25-15-20(13-18(2)19(25)3)14-21-7-5-6-8-22(21)16-24(12-17)26(23)27/h9-13,15,21-23,26H,5-8,14,16H2,1-4H3/q+1. The minimum atomic E-state index is 0.507. The fourth-order valence-electron chi connectivity index (χ4n) is 6.42. The molecule has 0 aromatic heterocycles. The van der Waals surface area contributed by atoms with Crippen molar-refractivity contribution in [1.82, 2.24) is 0 Å².